The lowest BCUT2D eigenvalue weighted by atomic mass is 9.86. The number of imidazole rings is 1. The molecule has 2 N–H and O–H groups in total. The third kappa shape index (κ3) is 3.79. The molecule has 4 aromatic rings. The van der Waals surface area contributed by atoms with E-state index in [0.29, 0.717) is 30.3 Å². The van der Waals surface area contributed by atoms with Crippen molar-refractivity contribution in [2.24, 2.45) is 0 Å². The van der Waals surface area contributed by atoms with Gasteiger partial charge in [-0.25, -0.2) is 15.0 Å². The van der Waals surface area contributed by atoms with Crippen molar-refractivity contribution in [3.63, 3.8) is 0 Å². The summed E-state index contributed by atoms with van der Waals surface area (Å²) in [5.41, 5.74) is 4.91. The number of nitrogens with zero attached hydrogens (tertiary/aromatic N) is 6. The van der Waals surface area contributed by atoms with Crippen LogP contribution in [-0.2, 0) is 12.0 Å². The van der Waals surface area contributed by atoms with Gasteiger partial charge in [-0.15, -0.1) is 0 Å². The summed E-state index contributed by atoms with van der Waals surface area (Å²) in [6, 6.07) is 14.2. The standard InChI is InChI=1S/C26H27N7O/c1-4-18-6-5-11-33-22(14-28-24(18)33)23-20(12-27)13-29-25(31-23)30-17(2)19-7-9-21(10-8-19)26(34)15-32(3)16-26/h5-11,13-14,17,34H,4,15-16H2,1-3H3,(H,29,30,31)/t17-/m0/s1. The third-order valence-corrected chi connectivity index (χ3v) is 6.51. The van der Waals surface area contributed by atoms with E-state index in [4.69, 9.17) is 4.98 Å². The fourth-order valence-electron chi connectivity index (χ4n) is 4.64. The first-order valence-electron chi connectivity index (χ1n) is 11.4. The molecule has 4 heterocycles. The van der Waals surface area contributed by atoms with Gasteiger partial charge in [0.15, 0.2) is 0 Å². The molecule has 1 aliphatic rings. The maximum atomic E-state index is 10.7. The largest absolute Gasteiger partial charge is 0.382 e. The Labute approximate surface area is 198 Å². The number of hydrogen-bond acceptors (Lipinski definition) is 7. The summed E-state index contributed by atoms with van der Waals surface area (Å²) in [4.78, 5) is 15.7. The molecule has 1 saturated heterocycles. The zero-order chi connectivity index (χ0) is 23.9. The number of likely N-dealkylation sites (N-methyl/N-ethyl adjacent to an activating group) is 1. The molecule has 8 nitrogen and oxygen atoms in total. The molecule has 8 heteroatoms. The highest BCUT2D eigenvalue weighted by Crippen LogP contribution is 2.32. The number of β-amino-alcohol motifs (C(OH)–C–C–N with tert-alkyl or cyclic N) is 1. The van der Waals surface area contributed by atoms with E-state index in [9.17, 15) is 10.4 Å². The van der Waals surface area contributed by atoms with Gasteiger partial charge >= 0.3 is 0 Å². The number of aromatic nitrogens is 4. The molecule has 1 atom stereocenters. The number of aliphatic hydroxyl groups is 1. The van der Waals surface area contributed by atoms with Gasteiger partial charge in [-0.1, -0.05) is 37.3 Å². The fourth-order valence-corrected chi connectivity index (χ4v) is 4.64. The monoisotopic (exact) mass is 453 g/mol. The highest BCUT2D eigenvalue weighted by Gasteiger charge is 2.40. The van der Waals surface area contributed by atoms with Crippen molar-refractivity contribution in [1.29, 1.82) is 5.26 Å². The molecule has 1 aromatic carbocycles. The topological polar surface area (TPSA) is 102 Å². The lowest BCUT2D eigenvalue weighted by Gasteiger charge is -2.44. The van der Waals surface area contributed by atoms with Gasteiger partial charge in [0.25, 0.3) is 0 Å². The Morgan fingerprint density at radius 3 is 2.62 bits per heavy atom. The van der Waals surface area contributed by atoms with E-state index >= 15 is 0 Å². The number of nitriles is 1. The molecule has 0 spiro atoms. The zero-order valence-electron chi connectivity index (χ0n) is 19.5. The van der Waals surface area contributed by atoms with Crippen LogP contribution < -0.4 is 5.32 Å². The highest BCUT2D eigenvalue weighted by atomic mass is 16.3. The maximum Gasteiger partial charge on any atom is 0.223 e. The average Bonchev–Trinajstić information content (AvgIpc) is 3.27. The second kappa shape index (κ2) is 8.52. The maximum absolute atomic E-state index is 10.7. The van der Waals surface area contributed by atoms with Gasteiger partial charge in [-0.2, -0.15) is 5.26 Å². The third-order valence-electron chi connectivity index (χ3n) is 6.51. The van der Waals surface area contributed by atoms with Crippen LogP contribution in [0.3, 0.4) is 0 Å². The lowest BCUT2D eigenvalue weighted by Crippen LogP contribution is -2.57. The van der Waals surface area contributed by atoms with E-state index in [-0.39, 0.29) is 6.04 Å². The van der Waals surface area contributed by atoms with E-state index < -0.39 is 5.60 Å². The van der Waals surface area contributed by atoms with Crippen LogP contribution in [0, 0.1) is 11.3 Å². The van der Waals surface area contributed by atoms with Crippen LogP contribution in [0.25, 0.3) is 17.0 Å². The first kappa shape index (κ1) is 22.0. The molecule has 34 heavy (non-hydrogen) atoms. The molecule has 5 rings (SSSR count). The van der Waals surface area contributed by atoms with Gasteiger partial charge in [-0.05, 0) is 43.1 Å². The molecular formula is C26H27N7O. The van der Waals surface area contributed by atoms with Crippen molar-refractivity contribution in [3.05, 3.63) is 77.2 Å². The van der Waals surface area contributed by atoms with Gasteiger partial charge in [0.05, 0.1) is 29.7 Å². The number of pyridine rings is 1. The predicted molar refractivity (Wildman–Crippen MR) is 130 cm³/mol. The molecule has 0 unspecified atom stereocenters. The number of rotatable bonds is 6. The van der Waals surface area contributed by atoms with Gasteiger partial charge in [0, 0.05) is 19.3 Å². The van der Waals surface area contributed by atoms with Crippen molar-refractivity contribution >= 4 is 11.6 Å². The summed E-state index contributed by atoms with van der Waals surface area (Å²) in [5, 5.41) is 23.7. The van der Waals surface area contributed by atoms with Gasteiger partial charge in [-0.3, -0.25) is 9.30 Å². The quantitative estimate of drug-likeness (QED) is 0.460. The second-order valence-electron chi connectivity index (χ2n) is 8.98. The van der Waals surface area contributed by atoms with Crippen LogP contribution in [0.1, 0.15) is 42.1 Å². The van der Waals surface area contributed by atoms with Gasteiger partial charge in [0.2, 0.25) is 5.95 Å². The van der Waals surface area contributed by atoms with Crippen LogP contribution in [0.2, 0.25) is 0 Å². The minimum Gasteiger partial charge on any atom is -0.382 e. The minimum absolute atomic E-state index is 0.0672. The van der Waals surface area contributed by atoms with E-state index in [1.165, 1.54) is 0 Å². The predicted octanol–water partition coefficient (Wildman–Crippen LogP) is 3.53. The van der Waals surface area contributed by atoms with Crippen molar-refractivity contribution < 1.29 is 5.11 Å². The SMILES string of the molecule is CCc1cccn2c(-c3nc(N[C@@H](C)c4ccc(C5(O)CN(C)C5)cc4)ncc3C#N)cnc12. The number of fused-ring (bicyclic) bond motifs is 1. The summed E-state index contributed by atoms with van der Waals surface area (Å²) in [6.07, 6.45) is 6.11. The molecule has 0 bridgehead atoms. The average molecular weight is 454 g/mol. The molecule has 0 saturated carbocycles. The molecule has 0 amide bonds. The van der Waals surface area contributed by atoms with Crippen LogP contribution in [0.5, 0.6) is 0 Å². The van der Waals surface area contributed by atoms with Crippen molar-refractivity contribution in [3.8, 4) is 17.5 Å². The number of aryl methyl sites for hydroxylation is 1. The van der Waals surface area contributed by atoms with Crippen LogP contribution in [0.4, 0.5) is 5.95 Å². The first-order valence-corrected chi connectivity index (χ1v) is 11.4. The number of likely N-dealkylation sites (tertiary alicyclic amines) is 1. The van der Waals surface area contributed by atoms with Crippen LogP contribution in [0.15, 0.2) is 55.0 Å². The lowest BCUT2D eigenvalue weighted by molar-refractivity contribution is -0.0918. The molecular weight excluding hydrogens is 426 g/mol. The Morgan fingerprint density at radius 2 is 1.94 bits per heavy atom. The van der Waals surface area contributed by atoms with Crippen molar-refractivity contribution in [1.82, 2.24) is 24.3 Å². The molecule has 1 aliphatic heterocycles. The summed E-state index contributed by atoms with van der Waals surface area (Å²) in [6.45, 7) is 5.41. The Morgan fingerprint density at radius 1 is 1.18 bits per heavy atom. The number of nitrogens with one attached hydrogen (secondary N) is 1. The van der Waals surface area contributed by atoms with Crippen molar-refractivity contribution in [2.75, 3.05) is 25.5 Å². The summed E-state index contributed by atoms with van der Waals surface area (Å²) < 4.78 is 1.97. The molecule has 1 fully saturated rings. The molecule has 172 valence electrons. The minimum atomic E-state index is -0.763. The Balaban J connectivity index is 1.42. The van der Waals surface area contributed by atoms with Crippen LogP contribution >= 0.6 is 0 Å². The number of anilines is 1. The van der Waals surface area contributed by atoms with Gasteiger partial charge in [0.1, 0.15) is 23.0 Å². The number of hydrogen-bond donors (Lipinski definition) is 2. The molecule has 3 aromatic heterocycles. The van der Waals surface area contributed by atoms with E-state index in [1.54, 1.807) is 12.4 Å². The Bertz CT molecular complexity index is 1380. The summed E-state index contributed by atoms with van der Waals surface area (Å²) in [7, 11) is 2.00. The second-order valence-corrected chi connectivity index (χ2v) is 8.98. The van der Waals surface area contributed by atoms with E-state index in [2.05, 4.69) is 39.2 Å². The summed E-state index contributed by atoms with van der Waals surface area (Å²) in [5.74, 6) is 0.436. The van der Waals surface area contributed by atoms with Crippen LogP contribution in [-0.4, -0.2) is 49.5 Å². The molecule has 0 aliphatic carbocycles. The fraction of sp³-hybridized carbons (Fsp3) is 0.308. The number of benzene rings is 1. The normalized spacial score (nSPS) is 16.1. The zero-order valence-corrected chi connectivity index (χ0v) is 19.5. The van der Waals surface area contributed by atoms with E-state index in [1.807, 2.05) is 54.9 Å². The summed E-state index contributed by atoms with van der Waals surface area (Å²) >= 11 is 0. The Kier molecular flexibility index (Phi) is 5.52. The van der Waals surface area contributed by atoms with Crippen molar-refractivity contribution in [2.45, 2.75) is 31.9 Å². The van der Waals surface area contributed by atoms with Gasteiger partial charge < -0.3 is 10.4 Å². The first-order chi connectivity index (χ1) is 16.4. The van der Waals surface area contributed by atoms with E-state index in [0.717, 1.165) is 34.5 Å². The molecule has 0 radical (unpaired) electrons. The highest BCUT2D eigenvalue weighted by molar-refractivity contribution is 5.68. The Hall–Kier alpha value is -3.80. The smallest absolute Gasteiger partial charge is 0.223 e.